The van der Waals surface area contributed by atoms with Crippen LogP contribution in [0.1, 0.15) is 16.1 Å². The van der Waals surface area contributed by atoms with E-state index in [1.807, 2.05) is 0 Å². The van der Waals surface area contributed by atoms with Gasteiger partial charge in [0.2, 0.25) is 10.0 Å². The van der Waals surface area contributed by atoms with Crippen LogP contribution in [-0.4, -0.2) is 24.5 Å². The number of hydrogen-bond donors (Lipinski definition) is 2. The van der Waals surface area contributed by atoms with Gasteiger partial charge in [-0.2, -0.15) is 0 Å². The molecule has 1 heterocycles. The van der Waals surface area contributed by atoms with E-state index in [9.17, 15) is 13.2 Å². The molecule has 2 rings (SSSR count). The number of aromatic nitrogens is 2. The molecule has 9 heteroatoms. The van der Waals surface area contributed by atoms with E-state index in [1.165, 1.54) is 24.3 Å². The van der Waals surface area contributed by atoms with Crippen LogP contribution in [0.15, 0.2) is 35.2 Å². The maximum atomic E-state index is 12.0. The summed E-state index contributed by atoms with van der Waals surface area (Å²) in [5.74, 6) is -0.533. The summed E-state index contributed by atoms with van der Waals surface area (Å²) >= 11 is 5.59. The van der Waals surface area contributed by atoms with Crippen LogP contribution in [0.4, 0.5) is 5.69 Å². The van der Waals surface area contributed by atoms with E-state index in [-0.39, 0.29) is 15.7 Å². The highest BCUT2D eigenvalue weighted by atomic mass is 35.5. The summed E-state index contributed by atoms with van der Waals surface area (Å²) < 4.78 is 22.9. The predicted molar refractivity (Wildman–Crippen MR) is 77.5 cm³/mol. The SMILES string of the molecule is Cc1c(NC(=O)c2ccc(Cl)nn2)cccc1S(N)(=O)=O. The summed E-state index contributed by atoms with van der Waals surface area (Å²) in [5, 5.41) is 15.0. The van der Waals surface area contributed by atoms with E-state index < -0.39 is 15.9 Å². The molecule has 0 radical (unpaired) electrons. The molecule has 1 aromatic heterocycles. The first-order valence-electron chi connectivity index (χ1n) is 5.72. The lowest BCUT2D eigenvalue weighted by Crippen LogP contribution is -2.18. The average Bonchev–Trinajstić information content (AvgIpc) is 2.40. The number of rotatable bonds is 3. The number of anilines is 1. The fourth-order valence-electron chi connectivity index (χ4n) is 1.68. The lowest BCUT2D eigenvalue weighted by molar-refractivity contribution is 0.102. The van der Waals surface area contributed by atoms with Crippen LogP contribution in [0.2, 0.25) is 5.15 Å². The largest absolute Gasteiger partial charge is 0.320 e. The molecule has 21 heavy (non-hydrogen) atoms. The first kappa shape index (κ1) is 15.4. The summed E-state index contributed by atoms with van der Waals surface area (Å²) in [6.07, 6.45) is 0. The lowest BCUT2D eigenvalue weighted by atomic mass is 10.2. The van der Waals surface area contributed by atoms with Crippen molar-refractivity contribution in [3.05, 3.63) is 46.7 Å². The monoisotopic (exact) mass is 326 g/mol. The molecule has 0 bridgehead atoms. The molecule has 7 nitrogen and oxygen atoms in total. The van der Waals surface area contributed by atoms with Gasteiger partial charge >= 0.3 is 0 Å². The molecule has 0 unspecified atom stereocenters. The normalized spacial score (nSPS) is 11.2. The van der Waals surface area contributed by atoms with Crippen molar-refractivity contribution >= 4 is 33.2 Å². The molecule has 1 amide bonds. The van der Waals surface area contributed by atoms with E-state index in [0.717, 1.165) is 0 Å². The predicted octanol–water partition coefficient (Wildman–Crippen LogP) is 1.34. The van der Waals surface area contributed by atoms with Gasteiger partial charge in [0.05, 0.1) is 4.90 Å². The van der Waals surface area contributed by atoms with Crippen LogP contribution < -0.4 is 10.5 Å². The zero-order valence-corrected chi connectivity index (χ0v) is 12.4. The van der Waals surface area contributed by atoms with Crippen LogP contribution in [0.25, 0.3) is 0 Å². The molecule has 110 valence electrons. The molecule has 0 saturated heterocycles. The molecule has 0 saturated carbocycles. The summed E-state index contributed by atoms with van der Waals surface area (Å²) in [6, 6.07) is 7.24. The zero-order chi connectivity index (χ0) is 15.6. The third kappa shape index (κ3) is 3.54. The number of nitrogens with two attached hydrogens (primary N) is 1. The molecule has 2 aromatic rings. The van der Waals surface area contributed by atoms with Crippen molar-refractivity contribution < 1.29 is 13.2 Å². The van der Waals surface area contributed by atoms with Crippen molar-refractivity contribution in [1.82, 2.24) is 10.2 Å². The highest BCUT2D eigenvalue weighted by Gasteiger charge is 2.16. The summed E-state index contributed by atoms with van der Waals surface area (Å²) in [4.78, 5) is 11.9. The molecule has 1 aromatic carbocycles. The van der Waals surface area contributed by atoms with Gasteiger partial charge in [-0.25, -0.2) is 13.6 Å². The number of benzene rings is 1. The van der Waals surface area contributed by atoms with Crippen molar-refractivity contribution in [2.75, 3.05) is 5.32 Å². The Labute approximate surface area is 126 Å². The number of sulfonamides is 1. The Morgan fingerprint density at radius 2 is 1.95 bits per heavy atom. The van der Waals surface area contributed by atoms with Crippen molar-refractivity contribution in [1.29, 1.82) is 0 Å². The van der Waals surface area contributed by atoms with Crippen LogP contribution in [0, 0.1) is 6.92 Å². The summed E-state index contributed by atoms with van der Waals surface area (Å²) in [7, 11) is -3.86. The number of primary sulfonamides is 1. The van der Waals surface area contributed by atoms with Crippen LogP contribution in [0.5, 0.6) is 0 Å². The second-order valence-electron chi connectivity index (χ2n) is 4.17. The van der Waals surface area contributed by atoms with Crippen molar-refractivity contribution in [2.24, 2.45) is 5.14 Å². The van der Waals surface area contributed by atoms with Gasteiger partial charge in [-0.05, 0) is 36.8 Å². The van der Waals surface area contributed by atoms with E-state index in [1.54, 1.807) is 13.0 Å². The molecular formula is C12H11ClN4O3S. The van der Waals surface area contributed by atoms with Gasteiger partial charge in [-0.1, -0.05) is 17.7 Å². The number of carbonyl (C=O) groups excluding carboxylic acids is 1. The number of amides is 1. The fourth-order valence-corrected chi connectivity index (χ4v) is 2.59. The van der Waals surface area contributed by atoms with Gasteiger partial charge < -0.3 is 5.32 Å². The Hall–Kier alpha value is -2.03. The molecule has 0 spiro atoms. The number of nitrogens with one attached hydrogen (secondary N) is 1. The lowest BCUT2D eigenvalue weighted by Gasteiger charge is -2.10. The Kier molecular flexibility index (Phi) is 4.21. The third-order valence-electron chi connectivity index (χ3n) is 2.70. The number of hydrogen-bond acceptors (Lipinski definition) is 5. The molecule has 0 fully saturated rings. The fraction of sp³-hybridized carbons (Fsp3) is 0.0833. The van der Waals surface area contributed by atoms with Gasteiger partial charge in [0.15, 0.2) is 10.8 Å². The highest BCUT2D eigenvalue weighted by molar-refractivity contribution is 7.89. The second-order valence-corrected chi connectivity index (χ2v) is 6.09. The van der Waals surface area contributed by atoms with E-state index in [4.69, 9.17) is 16.7 Å². The standard InChI is InChI=1S/C12H11ClN4O3S/c1-7-8(3-2-4-10(7)21(14,19)20)15-12(18)9-5-6-11(13)17-16-9/h2-6H,1H3,(H,15,18)(H2,14,19,20). The van der Waals surface area contributed by atoms with Crippen molar-refractivity contribution in [3.8, 4) is 0 Å². The minimum atomic E-state index is -3.86. The minimum Gasteiger partial charge on any atom is -0.320 e. The maximum Gasteiger partial charge on any atom is 0.276 e. The van der Waals surface area contributed by atoms with Gasteiger partial charge in [0, 0.05) is 5.69 Å². The van der Waals surface area contributed by atoms with E-state index >= 15 is 0 Å². The van der Waals surface area contributed by atoms with Gasteiger partial charge in [0.25, 0.3) is 5.91 Å². The van der Waals surface area contributed by atoms with Crippen LogP contribution >= 0.6 is 11.6 Å². The number of carbonyl (C=O) groups is 1. The van der Waals surface area contributed by atoms with Gasteiger partial charge in [-0.3, -0.25) is 4.79 Å². The summed E-state index contributed by atoms with van der Waals surface area (Å²) in [6.45, 7) is 1.54. The second kappa shape index (κ2) is 5.76. The van der Waals surface area contributed by atoms with Crippen LogP contribution in [0.3, 0.4) is 0 Å². The first-order valence-corrected chi connectivity index (χ1v) is 7.64. The number of halogens is 1. The number of nitrogens with zero attached hydrogens (tertiary/aromatic N) is 2. The summed E-state index contributed by atoms with van der Waals surface area (Å²) in [5.41, 5.74) is 0.721. The quantitative estimate of drug-likeness (QED) is 0.883. The highest BCUT2D eigenvalue weighted by Crippen LogP contribution is 2.22. The van der Waals surface area contributed by atoms with E-state index in [2.05, 4.69) is 15.5 Å². The molecule has 0 aliphatic rings. The third-order valence-corrected chi connectivity index (χ3v) is 3.96. The topological polar surface area (TPSA) is 115 Å². The first-order chi connectivity index (χ1) is 9.79. The molecule has 0 aliphatic carbocycles. The van der Waals surface area contributed by atoms with Crippen molar-refractivity contribution in [2.45, 2.75) is 11.8 Å². The zero-order valence-electron chi connectivity index (χ0n) is 10.9. The molecular weight excluding hydrogens is 316 g/mol. The Bertz CT molecular complexity index is 791. The Balaban J connectivity index is 2.32. The Morgan fingerprint density at radius 1 is 1.24 bits per heavy atom. The van der Waals surface area contributed by atoms with Gasteiger partial charge in [-0.15, -0.1) is 10.2 Å². The minimum absolute atomic E-state index is 0.0532. The van der Waals surface area contributed by atoms with Crippen LogP contribution in [-0.2, 0) is 10.0 Å². The smallest absolute Gasteiger partial charge is 0.276 e. The molecule has 3 N–H and O–H groups in total. The Morgan fingerprint density at radius 3 is 2.52 bits per heavy atom. The molecule has 0 aliphatic heterocycles. The van der Waals surface area contributed by atoms with Gasteiger partial charge in [0.1, 0.15) is 0 Å². The molecule has 0 atom stereocenters. The van der Waals surface area contributed by atoms with E-state index in [0.29, 0.717) is 11.3 Å². The average molecular weight is 327 g/mol. The maximum absolute atomic E-state index is 12.0. The van der Waals surface area contributed by atoms with Crippen molar-refractivity contribution in [3.63, 3.8) is 0 Å².